The first-order valence-electron chi connectivity index (χ1n) is 19.0. The van der Waals surface area contributed by atoms with Gasteiger partial charge in [-0.15, -0.1) is 0 Å². The zero-order valence-corrected chi connectivity index (χ0v) is 28.8. The molecule has 0 fully saturated rings. The lowest BCUT2D eigenvalue weighted by atomic mass is 10.0. The van der Waals surface area contributed by atoms with E-state index in [4.69, 9.17) is 9.47 Å². The van der Waals surface area contributed by atoms with Crippen LogP contribution in [0.2, 0.25) is 0 Å². The van der Waals surface area contributed by atoms with Gasteiger partial charge in [-0.3, -0.25) is 9.59 Å². The minimum atomic E-state index is -0.332. The van der Waals surface area contributed by atoms with Crippen molar-refractivity contribution in [3.63, 3.8) is 0 Å². The Morgan fingerprint density at radius 2 is 0.786 bits per heavy atom. The Kier molecular flexibility index (Phi) is 33.6. The zero-order valence-electron chi connectivity index (χ0n) is 28.8. The van der Waals surface area contributed by atoms with Gasteiger partial charge in [-0.25, -0.2) is 0 Å². The summed E-state index contributed by atoms with van der Waals surface area (Å²) in [4.78, 5) is 25.0. The molecule has 42 heavy (non-hydrogen) atoms. The van der Waals surface area contributed by atoms with Gasteiger partial charge in [-0.2, -0.15) is 0 Å². The van der Waals surface area contributed by atoms with E-state index in [9.17, 15) is 9.59 Å². The number of carbonyl (C=O) groups excluding carboxylic acids is 2. The highest BCUT2D eigenvalue weighted by atomic mass is 16.6. The van der Waals surface area contributed by atoms with E-state index in [1.165, 1.54) is 141 Å². The molecule has 4 heteroatoms. The summed E-state index contributed by atoms with van der Waals surface area (Å²) in [7, 11) is 0. The van der Waals surface area contributed by atoms with Gasteiger partial charge in [-0.1, -0.05) is 181 Å². The maximum absolute atomic E-state index is 12.5. The van der Waals surface area contributed by atoms with Crippen LogP contribution in [0, 0.1) is 0 Å². The summed E-state index contributed by atoms with van der Waals surface area (Å²) in [6, 6.07) is 0. The van der Waals surface area contributed by atoms with E-state index in [1.54, 1.807) is 0 Å². The van der Waals surface area contributed by atoms with Gasteiger partial charge in [0.1, 0.15) is 6.10 Å². The molecule has 1 unspecified atom stereocenters. The first-order chi connectivity index (χ1) is 20.6. The fourth-order valence-electron chi connectivity index (χ4n) is 5.73. The van der Waals surface area contributed by atoms with Crippen molar-refractivity contribution in [2.45, 2.75) is 226 Å². The Morgan fingerprint density at radius 3 is 1.21 bits per heavy atom. The molecule has 0 saturated carbocycles. The van der Waals surface area contributed by atoms with Gasteiger partial charge in [0.05, 0.1) is 13.0 Å². The largest absolute Gasteiger partial charge is 0.466 e. The maximum atomic E-state index is 12.5. The normalized spacial score (nSPS) is 12.0. The molecule has 0 aliphatic rings. The van der Waals surface area contributed by atoms with Crippen LogP contribution >= 0.6 is 0 Å². The van der Waals surface area contributed by atoms with Crippen LogP contribution in [-0.4, -0.2) is 24.6 Å². The van der Waals surface area contributed by atoms with Crippen molar-refractivity contribution in [1.29, 1.82) is 0 Å². The van der Waals surface area contributed by atoms with Crippen molar-refractivity contribution in [3.8, 4) is 0 Å². The van der Waals surface area contributed by atoms with E-state index in [1.807, 2.05) is 0 Å². The molecule has 0 aromatic rings. The van der Waals surface area contributed by atoms with Gasteiger partial charge in [0.2, 0.25) is 0 Å². The van der Waals surface area contributed by atoms with Crippen LogP contribution in [0.4, 0.5) is 0 Å². The van der Waals surface area contributed by atoms with Crippen molar-refractivity contribution in [3.05, 3.63) is 0 Å². The lowest BCUT2D eigenvalue weighted by molar-refractivity contribution is -0.155. The van der Waals surface area contributed by atoms with Crippen LogP contribution in [0.25, 0.3) is 0 Å². The van der Waals surface area contributed by atoms with E-state index in [0.717, 1.165) is 44.9 Å². The van der Waals surface area contributed by atoms with Crippen molar-refractivity contribution in [2.75, 3.05) is 6.61 Å². The molecule has 1 atom stereocenters. The lowest BCUT2D eigenvalue weighted by Gasteiger charge is -2.17. The van der Waals surface area contributed by atoms with Crippen LogP contribution < -0.4 is 0 Å². The van der Waals surface area contributed by atoms with Crippen molar-refractivity contribution in [2.24, 2.45) is 0 Å². The smallest absolute Gasteiger partial charge is 0.309 e. The summed E-state index contributed by atoms with van der Waals surface area (Å²) >= 11 is 0. The topological polar surface area (TPSA) is 52.6 Å². The molecule has 0 radical (unpaired) electrons. The number of unbranched alkanes of at least 4 members (excludes halogenated alkanes) is 25. The van der Waals surface area contributed by atoms with Crippen LogP contribution in [-0.2, 0) is 19.1 Å². The van der Waals surface area contributed by atoms with Gasteiger partial charge in [0.25, 0.3) is 0 Å². The molecule has 250 valence electrons. The summed E-state index contributed by atoms with van der Waals surface area (Å²) in [5, 5.41) is 0. The second kappa shape index (κ2) is 34.4. The molecule has 0 amide bonds. The highest BCUT2D eigenvalue weighted by Gasteiger charge is 2.19. The molecule has 0 aromatic carbocycles. The predicted molar refractivity (Wildman–Crippen MR) is 181 cm³/mol. The molecule has 0 rings (SSSR count). The van der Waals surface area contributed by atoms with E-state index in [0.29, 0.717) is 13.0 Å². The molecule has 0 aliphatic heterocycles. The standard InChI is InChI=1S/C38H74O4/c1-4-7-10-13-15-17-18-19-20-21-23-25-28-31-34-41-38(40)35-36(42-37(39)33-30-26-12-9-6-3)32-29-27-24-22-16-14-11-8-5-2/h36H,4-35H2,1-3H3. The summed E-state index contributed by atoms with van der Waals surface area (Å²) in [5.41, 5.74) is 0. The fraction of sp³-hybridized carbons (Fsp3) is 0.947. The van der Waals surface area contributed by atoms with Crippen molar-refractivity contribution < 1.29 is 19.1 Å². The second-order valence-electron chi connectivity index (χ2n) is 12.9. The molecule has 0 saturated heterocycles. The Bertz CT molecular complexity index is 561. The third kappa shape index (κ3) is 31.9. The lowest BCUT2D eigenvalue weighted by Crippen LogP contribution is -2.23. The third-order valence-electron chi connectivity index (χ3n) is 8.57. The third-order valence-corrected chi connectivity index (χ3v) is 8.57. The number of hydrogen-bond acceptors (Lipinski definition) is 4. The molecule has 4 nitrogen and oxygen atoms in total. The molecular formula is C38H74O4. The van der Waals surface area contributed by atoms with Crippen LogP contribution in [0.1, 0.15) is 220 Å². The summed E-state index contributed by atoms with van der Waals surface area (Å²) in [5.74, 6) is -0.353. The minimum Gasteiger partial charge on any atom is -0.466 e. The molecule has 0 aliphatic carbocycles. The Hall–Kier alpha value is -1.06. The number of ether oxygens (including phenoxy) is 2. The summed E-state index contributed by atoms with van der Waals surface area (Å²) in [6.45, 7) is 7.22. The quantitative estimate of drug-likeness (QED) is 0.0549. The molecular weight excluding hydrogens is 520 g/mol. The Morgan fingerprint density at radius 1 is 0.429 bits per heavy atom. The zero-order chi connectivity index (χ0) is 30.8. The average Bonchev–Trinajstić information content (AvgIpc) is 2.98. The summed E-state index contributed by atoms with van der Waals surface area (Å²) in [6.07, 6.45) is 36.4. The number of hydrogen-bond donors (Lipinski definition) is 0. The first kappa shape index (κ1) is 40.9. The highest BCUT2D eigenvalue weighted by Crippen LogP contribution is 2.17. The molecule has 0 N–H and O–H groups in total. The maximum Gasteiger partial charge on any atom is 0.309 e. The minimum absolute atomic E-state index is 0.146. The average molecular weight is 595 g/mol. The van der Waals surface area contributed by atoms with E-state index in [-0.39, 0.29) is 24.5 Å². The van der Waals surface area contributed by atoms with E-state index in [2.05, 4.69) is 20.8 Å². The van der Waals surface area contributed by atoms with Gasteiger partial charge in [0.15, 0.2) is 0 Å². The van der Waals surface area contributed by atoms with Crippen LogP contribution in [0.3, 0.4) is 0 Å². The van der Waals surface area contributed by atoms with Crippen molar-refractivity contribution in [1.82, 2.24) is 0 Å². The van der Waals surface area contributed by atoms with Gasteiger partial charge in [0, 0.05) is 6.42 Å². The SMILES string of the molecule is CCCCCCCCCCCCCCCCOC(=O)CC(CCCCCCCCCCC)OC(=O)CCCCCCC. The highest BCUT2D eigenvalue weighted by molar-refractivity contribution is 5.72. The van der Waals surface area contributed by atoms with Crippen LogP contribution in [0.5, 0.6) is 0 Å². The van der Waals surface area contributed by atoms with Crippen LogP contribution in [0.15, 0.2) is 0 Å². The van der Waals surface area contributed by atoms with Crippen molar-refractivity contribution >= 4 is 11.9 Å². The molecule has 0 bridgehead atoms. The number of carbonyl (C=O) groups is 2. The van der Waals surface area contributed by atoms with Gasteiger partial charge >= 0.3 is 11.9 Å². The first-order valence-corrected chi connectivity index (χ1v) is 19.0. The predicted octanol–water partition coefficient (Wildman–Crippen LogP) is 12.6. The Balaban J connectivity index is 4.02. The van der Waals surface area contributed by atoms with Gasteiger partial charge < -0.3 is 9.47 Å². The Labute approximate surface area is 263 Å². The number of rotatable bonds is 34. The summed E-state index contributed by atoms with van der Waals surface area (Å²) < 4.78 is 11.3. The molecule has 0 heterocycles. The van der Waals surface area contributed by atoms with Gasteiger partial charge in [-0.05, 0) is 25.7 Å². The van der Waals surface area contributed by atoms with E-state index >= 15 is 0 Å². The molecule has 0 spiro atoms. The molecule has 0 aromatic heterocycles. The second-order valence-corrected chi connectivity index (χ2v) is 12.9. The van der Waals surface area contributed by atoms with E-state index < -0.39 is 0 Å². The number of esters is 2. The fourth-order valence-corrected chi connectivity index (χ4v) is 5.73. The monoisotopic (exact) mass is 595 g/mol.